The lowest BCUT2D eigenvalue weighted by atomic mass is 10.0. The molecule has 0 aliphatic heterocycles. The first kappa shape index (κ1) is 25.8. The molecule has 5 nitrogen and oxygen atoms in total. The summed E-state index contributed by atoms with van der Waals surface area (Å²) in [4.78, 5) is 28.7. The van der Waals surface area contributed by atoms with Crippen LogP contribution in [0.1, 0.15) is 29.2 Å². The van der Waals surface area contributed by atoms with E-state index in [1.54, 1.807) is 36.3 Å². The summed E-state index contributed by atoms with van der Waals surface area (Å²) in [6, 6.07) is 23.0. The Morgan fingerprint density at radius 3 is 2.06 bits per heavy atom. The molecule has 34 heavy (non-hydrogen) atoms. The number of rotatable bonds is 11. The molecule has 1 N–H and O–H groups in total. The maximum atomic E-state index is 13.6. The smallest absolute Gasteiger partial charge is 0.247 e. The van der Waals surface area contributed by atoms with E-state index in [4.69, 9.17) is 27.9 Å². The average molecular weight is 499 g/mol. The van der Waals surface area contributed by atoms with Crippen LogP contribution in [-0.2, 0) is 27.3 Å². The number of ether oxygens (including phenoxy) is 1. The third kappa shape index (κ3) is 7.59. The van der Waals surface area contributed by atoms with E-state index in [1.165, 1.54) is 0 Å². The second kappa shape index (κ2) is 13.1. The number of halogens is 2. The molecule has 0 fully saturated rings. The van der Waals surface area contributed by atoms with Crippen LogP contribution in [-0.4, -0.2) is 37.0 Å². The molecule has 0 aliphatic rings. The number of benzene rings is 3. The average Bonchev–Trinajstić information content (AvgIpc) is 2.85. The zero-order valence-electron chi connectivity index (χ0n) is 19.0. The van der Waals surface area contributed by atoms with E-state index in [-0.39, 0.29) is 24.8 Å². The lowest BCUT2D eigenvalue weighted by Gasteiger charge is -2.32. The van der Waals surface area contributed by atoms with Gasteiger partial charge in [-0.1, -0.05) is 77.8 Å². The van der Waals surface area contributed by atoms with Crippen molar-refractivity contribution in [1.82, 2.24) is 10.2 Å². The third-order valence-corrected chi connectivity index (χ3v) is 5.86. The van der Waals surface area contributed by atoms with E-state index in [0.717, 1.165) is 16.7 Å². The minimum atomic E-state index is -0.792. The number of nitrogens with one attached hydrogen (secondary N) is 1. The molecule has 178 valence electrons. The van der Waals surface area contributed by atoms with Gasteiger partial charge in [-0.2, -0.15) is 0 Å². The Morgan fingerprint density at radius 1 is 0.882 bits per heavy atom. The SMILES string of the molecule is COCCCNC(=O)[C@H](c1ccccc1)N(Cc1ccc(Cl)cc1)C(=O)Cc1ccc(Cl)cc1. The summed E-state index contributed by atoms with van der Waals surface area (Å²) in [7, 11) is 1.62. The Kier molecular flexibility index (Phi) is 9.95. The molecule has 3 aromatic carbocycles. The second-order valence-corrected chi connectivity index (χ2v) is 8.77. The fraction of sp³-hybridized carbons (Fsp3) is 0.259. The molecule has 7 heteroatoms. The van der Waals surface area contributed by atoms with Gasteiger partial charge in [0.25, 0.3) is 0 Å². The summed E-state index contributed by atoms with van der Waals surface area (Å²) in [5, 5.41) is 4.18. The van der Waals surface area contributed by atoms with Gasteiger partial charge in [0.2, 0.25) is 11.8 Å². The van der Waals surface area contributed by atoms with Crippen molar-refractivity contribution < 1.29 is 14.3 Å². The van der Waals surface area contributed by atoms with Crippen molar-refractivity contribution in [3.8, 4) is 0 Å². The zero-order valence-corrected chi connectivity index (χ0v) is 20.6. The predicted octanol–water partition coefficient (Wildman–Crippen LogP) is 5.46. The number of hydrogen-bond acceptors (Lipinski definition) is 3. The third-order valence-electron chi connectivity index (χ3n) is 5.35. The van der Waals surface area contributed by atoms with Crippen molar-refractivity contribution in [3.05, 3.63) is 106 Å². The first-order valence-corrected chi connectivity index (χ1v) is 11.8. The van der Waals surface area contributed by atoms with Crippen LogP contribution in [0.5, 0.6) is 0 Å². The van der Waals surface area contributed by atoms with Crippen LogP contribution in [0.25, 0.3) is 0 Å². The molecular weight excluding hydrogens is 471 g/mol. The topological polar surface area (TPSA) is 58.6 Å². The van der Waals surface area contributed by atoms with Gasteiger partial charge in [0.15, 0.2) is 0 Å². The summed E-state index contributed by atoms with van der Waals surface area (Å²) in [5.74, 6) is -0.404. The van der Waals surface area contributed by atoms with E-state index in [9.17, 15) is 9.59 Å². The van der Waals surface area contributed by atoms with Crippen molar-refractivity contribution in [1.29, 1.82) is 0 Å². The standard InChI is InChI=1S/C27H28Cl2N2O3/c1-34-17-5-16-30-27(33)26(22-6-3-2-4-7-22)31(19-21-10-14-24(29)15-11-21)25(32)18-20-8-12-23(28)13-9-20/h2-4,6-15,26H,5,16-19H2,1H3,(H,30,33)/t26-/m0/s1. The molecule has 0 heterocycles. The van der Waals surface area contributed by atoms with Crippen molar-refractivity contribution in [2.45, 2.75) is 25.4 Å². The van der Waals surface area contributed by atoms with E-state index in [0.29, 0.717) is 29.6 Å². The normalized spacial score (nSPS) is 11.6. The Morgan fingerprint density at radius 2 is 1.47 bits per heavy atom. The highest BCUT2D eigenvalue weighted by Gasteiger charge is 2.31. The second-order valence-electron chi connectivity index (χ2n) is 7.90. The molecule has 0 aromatic heterocycles. The largest absolute Gasteiger partial charge is 0.385 e. The minimum Gasteiger partial charge on any atom is -0.385 e. The molecule has 0 bridgehead atoms. The van der Waals surface area contributed by atoms with Crippen LogP contribution >= 0.6 is 23.2 Å². The van der Waals surface area contributed by atoms with Crippen molar-refractivity contribution >= 4 is 35.0 Å². The molecule has 0 saturated heterocycles. The monoisotopic (exact) mass is 498 g/mol. The maximum absolute atomic E-state index is 13.6. The molecule has 0 spiro atoms. The maximum Gasteiger partial charge on any atom is 0.247 e. The van der Waals surface area contributed by atoms with Gasteiger partial charge in [0, 0.05) is 36.9 Å². The minimum absolute atomic E-state index is 0.144. The van der Waals surface area contributed by atoms with Gasteiger partial charge < -0.3 is 15.0 Å². The van der Waals surface area contributed by atoms with Gasteiger partial charge in [0.1, 0.15) is 6.04 Å². The van der Waals surface area contributed by atoms with E-state index < -0.39 is 6.04 Å². The number of nitrogens with zero attached hydrogens (tertiary/aromatic N) is 1. The van der Waals surface area contributed by atoms with Gasteiger partial charge in [-0.25, -0.2) is 0 Å². The number of hydrogen-bond donors (Lipinski definition) is 1. The molecule has 0 radical (unpaired) electrons. The van der Waals surface area contributed by atoms with E-state index >= 15 is 0 Å². The van der Waals surface area contributed by atoms with Crippen LogP contribution in [0.2, 0.25) is 10.0 Å². The van der Waals surface area contributed by atoms with Crippen LogP contribution < -0.4 is 5.32 Å². The van der Waals surface area contributed by atoms with Gasteiger partial charge in [0.05, 0.1) is 6.42 Å². The van der Waals surface area contributed by atoms with E-state index in [1.807, 2.05) is 54.6 Å². The highest BCUT2D eigenvalue weighted by Crippen LogP contribution is 2.25. The van der Waals surface area contributed by atoms with Crippen LogP contribution in [0, 0.1) is 0 Å². The van der Waals surface area contributed by atoms with Crippen molar-refractivity contribution in [2.75, 3.05) is 20.3 Å². The highest BCUT2D eigenvalue weighted by atomic mass is 35.5. The van der Waals surface area contributed by atoms with Crippen LogP contribution in [0.3, 0.4) is 0 Å². The Bertz CT molecular complexity index is 1060. The van der Waals surface area contributed by atoms with Crippen LogP contribution in [0.15, 0.2) is 78.9 Å². The summed E-state index contributed by atoms with van der Waals surface area (Å²) in [5.41, 5.74) is 2.44. The summed E-state index contributed by atoms with van der Waals surface area (Å²) in [6.45, 7) is 1.26. The molecule has 0 saturated carbocycles. The molecule has 0 unspecified atom stereocenters. The lowest BCUT2D eigenvalue weighted by Crippen LogP contribution is -2.44. The highest BCUT2D eigenvalue weighted by molar-refractivity contribution is 6.30. The summed E-state index contributed by atoms with van der Waals surface area (Å²) < 4.78 is 5.08. The predicted molar refractivity (Wildman–Crippen MR) is 136 cm³/mol. The molecule has 3 aromatic rings. The van der Waals surface area contributed by atoms with Crippen molar-refractivity contribution in [3.63, 3.8) is 0 Å². The Labute approximate surface area is 210 Å². The van der Waals surface area contributed by atoms with Gasteiger partial charge in [-0.15, -0.1) is 0 Å². The fourth-order valence-corrected chi connectivity index (χ4v) is 3.87. The number of carbonyl (C=O) groups excluding carboxylic acids is 2. The molecule has 3 rings (SSSR count). The van der Waals surface area contributed by atoms with Gasteiger partial charge >= 0.3 is 0 Å². The van der Waals surface area contributed by atoms with Gasteiger partial charge in [-0.05, 0) is 47.4 Å². The van der Waals surface area contributed by atoms with Crippen LogP contribution in [0.4, 0.5) is 0 Å². The quantitative estimate of drug-likeness (QED) is 0.357. The van der Waals surface area contributed by atoms with Crippen molar-refractivity contribution in [2.24, 2.45) is 0 Å². The summed E-state index contributed by atoms with van der Waals surface area (Å²) in [6.07, 6.45) is 0.824. The Hall–Kier alpha value is -2.86. The summed E-state index contributed by atoms with van der Waals surface area (Å²) >= 11 is 12.1. The molecule has 0 aliphatic carbocycles. The first-order valence-electron chi connectivity index (χ1n) is 11.1. The van der Waals surface area contributed by atoms with E-state index in [2.05, 4.69) is 5.32 Å². The lowest BCUT2D eigenvalue weighted by molar-refractivity contribution is -0.141. The first-order chi connectivity index (χ1) is 16.5. The molecule has 2 amide bonds. The zero-order chi connectivity index (χ0) is 24.3. The molecular formula is C27H28Cl2N2O3. The Balaban J connectivity index is 1.93. The number of amides is 2. The molecule has 1 atom stereocenters. The number of carbonyl (C=O) groups is 2. The number of methoxy groups -OCH3 is 1. The fourth-order valence-electron chi connectivity index (χ4n) is 3.62. The van der Waals surface area contributed by atoms with Gasteiger partial charge in [-0.3, -0.25) is 9.59 Å².